The van der Waals surface area contributed by atoms with E-state index in [1.165, 1.54) is 17.1 Å². The second-order valence-electron chi connectivity index (χ2n) is 5.26. The number of para-hydroxylation sites is 3. The molecule has 0 saturated carbocycles. The van der Waals surface area contributed by atoms with Crippen molar-refractivity contribution < 1.29 is 26.1 Å². The van der Waals surface area contributed by atoms with E-state index in [9.17, 15) is 13.2 Å². The van der Waals surface area contributed by atoms with E-state index < -0.39 is 15.6 Å². The van der Waals surface area contributed by atoms with Gasteiger partial charge in [0.2, 0.25) is 0 Å². The number of nitrogens with zero attached hydrogens (tertiary/aromatic N) is 1. The van der Waals surface area contributed by atoms with Crippen LogP contribution in [0, 0.1) is 0 Å². The Morgan fingerprint density at radius 3 is 1.04 bits per heavy atom. The number of alkyl halides is 3. The molecule has 1 N–H and O–H groups in total. The van der Waals surface area contributed by atoms with Gasteiger partial charge in [-0.2, -0.15) is 21.6 Å². The summed E-state index contributed by atoms with van der Waals surface area (Å²) in [5.74, 6) is 0. The highest BCUT2D eigenvalue weighted by Gasteiger charge is 2.44. The highest BCUT2D eigenvalue weighted by atomic mass is 32.2. The summed E-state index contributed by atoms with van der Waals surface area (Å²) in [5.41, 5.74) is -2.03. The van der Waals surface area contributed by atoms with Gasteiger partial charge in [-0.3, -0.25) is 4.55 Å². The van der Waals surface area contributed by atoms with E-state index in [-0.39, 0.29) is 0 Å². The Hall–Kier alpha value is -2.84. The predicted octanol–water partition coefficient (Wildman–Crippen LogP) is 5.55. The topological polar surface area (TPSA) is 57.6 Å². The van der Waals surface area contributed by atoms with Crippen LogP contribution in [0.1, 0.15) is 0 Å². The molecule has 142 valence electrons. The fraction of sp³-hybridized carbons (Fsp3) is 0.0526. The van der Waals surface area contributed by atoms with Crippen molar-refractivity contribution in [1.29, 1.82) is 0 Å². The lowest BCUT2D eigenvalue weighted by Crippen LogP contribution is -2.21. The monoisotopic (exact) mass is 395 g/mol. The molecule has 0 aliphatic heterocycles. The molecule has 4 nitrogen and oxygen atoms in total. The summed E-state index contributed by atoms with van der Waals surface area (Å²) in [5, 5.41) is 0. The van der Waals surface area contributed by atoms with E-state index in [0.717, 1.165) is 0 Å². The SMILES string of the molecule is O=S(=O)(O)C(F)(F)F.c1ccc(N(c2ccccc2)c2ccccc2)cc1. The van der Waals surface area contributed by atoms with Gasteiger partial charge in [0.1, 0.15) is 0 Å². The smallest absolute Gasteiger partial charge is 0.311 e. The molecule has 0 heterocycles. The van der Waals surface area contributed by atoms with Gasteiger partial charge in [0.15, 0.2) is 0 Å². The normalized spacial score (nSPS) is 11.3. The molecule has 0 aliphatic carbocycles. The Bertz CT molecular complexity index is 838. The average Bonchev–Trinajstić information content (AvgIpc) is 2.64. The fourth-order valence-electron chi connectivity index (χ4n) is 2.18. The zero-order valence-electron chi connectivity index (χ0n) is 13.9. The van der Waals surface area contributed by atoms with Crippen molar-refractivity contribution in [1.82, 2.24) is 0 Å². The van der Waals surface area contributed by atoms with Crippen LogP contribution < -0.4 is 4.90 Å². The molecule has 3 rings (SSSR count). The Morgan fingerprint density at radius 2 is 0.852 bits per heavy atom. The first-order valence-corrected chi connectivity index (χ1v) is 9.13. The van der Waals surface area contributed by atoms with Crippen molar-refractivity contribution in [2.75, 3.05) is 4.90 Å². The highest BCUT2D eigenvalue weighted by Crippen LogP contribution is 2.33. The first-order chi connectivity index (χ1) is 12.7. The molecule has 0 amide bonds. The van der Waals surface area contributed by atoms with Crippen LogP contribution >= 0.6 is 0 Å². The Morgan fingerprint density at radius 1 is 0.630 bits per heavy atom. The van der Waals surface area contributed by atoms with E-state index in [2.05, 4.69) is 77.7 Å². The standard InChI is InChI=1S/C18H15N.CHF3O3S/c1-4-10-16(11-5-1)19(17-12-6-2-7-13-17)18-14-8-3-9-15-18;2-1(3,4)8(5,6)7/h1-15H;(H,5,6,7). The van der Waals surface area contributed by atoms with Crippen molar-refractivity contribution >= 4 is 27.2 Å². The quantitative estimate of drug-likeness (QED) is 0.467. The Kier molecular flexibility index (Phi) is 6.59. The van der Waals surface area contributed by atoms with Crippen molar-refractivity contribution in [3.8, 4) is 0 Å². The number of rotatable bonds is 3. The number of benzene rings is 3. The highest BCUT2D eigenvalue weighted by molar-refractivity contribution is 7.86. The predicted molar refractivity (Wildman–Crippen MR) is 98.7 cm³/mol. The molecule has 0 unspecified atom stereocenters. The molecule has 0 saturated heterocycles. The molecule has 0 radical (unpaired) electrons. The molecule has 3 aromatic carbocycles. The van der Waals surface area contributed by atoms with Crippen LogP contribution in [0.3, 0.4) is 0 Å². The first kappa shape index (κ1) is 20.5. The van der Waals surface area contributed by atoms with Crippen LogP contribution in [0.15, 0.2) is 91.0 Å². The maximum atomic E-state index is 10.7. The number of anilines is 3. The summed E-state index contributed by atoms with van der Waals surface area (Å²) in [7, 11) is -5.84. The van der Waals surface area contributed by atoms with Crippen LogP contribution in [-0.2, 0) is 10.1 Å². The fourth-order valence-corrected chi connectivity index (χ4v) is 2.18. The number of hydrogen-bond donors (Lipinski definition) is 1. The van der Waals surface area contributed by atoms with Crippen molar-refractivity contribution in [2.24, 2.45) is 0 Å². The maximum Gasteiger partial charge on any atom is 0.522 e. The van der Waals surface area contributed by atoms with E-state index in [1.807, 2.05) is 18.2 Å². The summed E-state index contributed by atoms with van der Waals surface area (Å²) >= 11 is 0. The third-order valence-corrected chi connectivity index (χ3v) is 3.92. The second-order valence-corrected chi connectivity index (χ2v) is 6.68. The number of halogens is 3. The Labute approximate surface area is 155 Å². The zero-order valence-corrected chi connectivity index (χ0v) is 14.7. The van der Waals surface area contributed by atoms with Gasteiger partial charge >= 0.3 is 15.6 Å². The van der Waals surface area contributed by atoms with Crippen molar-refractivity contribution in [3.63, 3.8) is 0 Å². The van der Waals surface area contributed by atoms with Crippen LogP contribution in [0.2, 0.25) is 0 Å². The van der Waals surface area contributed by atoms with E-state index in [4.69, 9.17) is 13.0 Å². The first-order valence-electron chi connectivity index (χ1n) is 7.69. The van der Waals surface area contributed by atoms with Crippen LogP contribution in [-0.4, -0.2) is 18.5 Å². The van der Waals surface area contributed by atoms with Crippen LogP contribution in [0.5, 0.6) is 0 Å². The third kappa shape index (κ3) is 5.83. The molecule has 0 atom stereocenters. The molecule has 0 fully saturated rings. The summed E-state index contributed by atoms with van der Waals surface area (Å²) in [6, 6.07) is 31.3. The van der Waals surface area contributed by atoms with E-state index in [0.29, 0.717) is 0 Å². The molecular formula is C19H16F3NO3S. The van der Waals surface area contributed by atoms with Gasteiger partial charge in [0, 0.05) is 17.1 Å². The minimum absolute atomic E-state index is 1.17. The molecular weight excluding hydrogens is 379 g/mol. The van der Waals surface area contributed by atoms with Gasteiger partial charge in [-0.1, -0.05) is 54.6 Å². The molecule has 0 spiro atoms. The zero-order chi connectivity index (χ0) is 19.9. The lowest BCUT2D eigenvalue weighted by molar-refractivity contribution is -0.0510. The summed E-state index contributed by atoms with van der Waals surface area (Å²) in [6.07, 6.45) is 0. The summed E-state index contributed by atoms with van der Waals surface area (Å²) in [6.45, 7) is 0. The minimum atomic E-state index is -5.84. The maximum absolute atomic E-state index is 10.7. The largest absolute Gasteiger partial charge is 0.522 e. The van der Waals surface area contributed by atoms with Gasteiger partial charge in [-0.15, -0.1) is 0 Å². The van der Waals surface area contributed by atoms with Crippen LogP contribution in [0.4, 0.5) is 30.2 Å². The molecule has 0 aromatic heterocycles. The van der Waals surface area contributed by atoms with E-state index in [1.54, 1.807) is 0 Å². The lowest BCUT2D eigenvalue weighted by atomic mass is 10.2. The van der Waals surface area contributed by atoms with Gasteiger partial charge < -0.3 is 4.90 Å². The third-order valence-electron chi connectivity index (χ3n) is 3.34. The molecule has 3 aromatic rings. The summed E-state index contributed by atoms with van der Waals surface area (Å²) < 4.78 is 57.5. The minimum Gasteiger partial charge on any atom is -0.311 e. The molecule has 27 heavy (non-hydrogen) atoms. The number of hydrogen-bond acceptors (Lipinski definition) is 3. The Balaban J connectivity index is 0.000000279. The van der Waals surface area contributed by atoms with Gasteiger partial charge in [-0.25, -0.2) is 0 Å². The van der Waals surface area contributed by atoms with E-state index >= 15 is 0 Å². The van der Waals surface area contributed by atoms with Gasteiger partial charge in [0.25, 0.3) is 0 Å². The average molecular weight is 395 g/mol. The molecule has 8 heteroatoms. The van der Waals surface area contributed by atoms with Crippen LogP contribution in [0.25, 0.3) is 0 Å². The van der Waals surface area contributed by atoms with Gasteiger partial charge in [0.05, 0.1) is 0 Å². The second kappa shape index (κ2) is 8.70. The molecule has 0 bridgehead atoms. The van der Waals surface area contributed by atoms with Crippen molar-refractivity contribution in [2.45, 2.75) is 5.51 Å². The van der Waals surface area contributed by atoms with Gasteiger partial charge in [-0.05, 0) is 36.4 Å². The summed E-state index contributed by atoms with van der Waals surface area (Å²) in [4.78, 5) is 2.25. The van der Waals surface area contributed by atoms with Crippen molar-refractivity contribution in [3.05, 3.63) is 91.0 Å². The molecule has 0 aliphatic rings. The lowest BCUT2D eigenvalue weighted by Gasteiger charge is -2.25.